The van der Waals surface area contributed by atoms with Crippen molar-refractivity contribution in [2.45, 2.75) is 6.42 Å². The summed E-state index contributed by atoms with van der Waals surface area (Å²) in [6, 6.07) is 4.10. The fourth-order valence-corrected chi connectivity index (χ4v) is 2.88. The van der Waals surface area contributed by atoms with Gasteiger partial charge in [0.25, 0.3) is 5.91 Å². The molecule has 116 valence electrons. The van der Waals surface area contributed by atoms with Gasteiger partial charge in [0.2, 0.25) is 0 Å². The standard InChI is InChI=1S/C15H21BrFN3O/c1-19-7-9-20(10-8-19)6-2-5-18-15(21)13-4-3-12(17)11-14(13)16/h3-4,11H,2,5-10H2,1H3,(H,18,21). The zero-order valence-electron chi connectivity index (χ0n) is 12.2. The van der Waals surface area contributed by atoms with E-state index in [0.29, 0.717) is 16.6 Å². The first-order chi connectivity index (χ1) is 10.1. The van der Waals surface area contributed by atoms with Crippen molar-refractivity contribution in [2.24, 2.45) is 0 Å². The van der Waals surface area contributed by atoms with Gasteiger partial charge in [0, 0.05) is 37.2 Å². The summed E-state index contributed by atoms with van der Waals surface area (Å²) in [4.78, 5) is 16.7. The predicted molar refractivity (Wildman–Crippen MR) is 85.0 cm³/mol. The molecule has 1 aromatic rings. The smallest absolute Gasteiger partial charge is 0.252 e. The molecule has 1 heterocycles. The normalized spacial score (nSPS) is 16.9. The summed E-state index contributed by atoms with van der Waals surface area (Å²) in [7, 11) is 2.14. The topological polar surface area (TPSA) is 35.6 Å². The summed E-state index contributed by atoms with van der Waals surface area (Å²) in [5.74, 6) is -0.520. The lowest BCUT2D eigenvalue weighted by Gasteiger charge is -2.32. The number of halogens is 2. The average Bonchev–Trinajstić information content (AvgIpc) is 2.45. The number of carbonyl (C=O) groups excluding carboxylic acids is 1. The fourth-order valence-electron chi connectivity index (χ4n) is 2.34. The number of likely N-dealkylation sites (N-methyl/N-ethyl adjacent to an activating group) is 1. The van der Waals surface area contributed by atoms with Crippen LogP contribution in [0.1, 0.15) is 16.8 Å². The number of nitrogens with zero attached hydrogens (tertiary/aromatic N) is 2. The van der Waals surface area contributed by atoms with Crippen LogP contribution < -0.4 is 5.32 Å². The number of benzene rings is 1. The number of hydrogen-bond acceptors (Lipinski definition) is 3. The Labute approximate surface area is 133 Å². The molecule has 0 aliphatic carbocycles. The van der Waals surface area contributed by atoms with Gasteiger partial charge in [-0.2, -0.15) is 0 Å². The highest BCUT2D eigenvalue weighted by Gasteiger charge is 2.13. The van der Waals surface area contributed by atoms with Crippen molar-refractivity contribution < 1.29 is 9.18 Å². The van der Waals surface area contributed by atoms with E-state index in [9.17, 15) is 9.18 Å². The highest BCUT2D eigenvalue weighted by molar-refractivity contribution is 9.10. The third-order valence-electron chi connectivity index (χ3n) is 3.71. The van der Waals surface area contributed by atoms with Crippen LogP contribution in [0, 0.1) is 5.82 Å². The van der Waals surface area contributed by atoms with Gasteiger partial charge in [0.15, 0.2) is 0 Å². The summed E-state index contributed by atoms with van der Waals surface area (Å²) >= 11 is 3.21. The number of rotatable bonds is 5. The molecule has 6 heteroatoms. The predicted octanol–water partition coefficient (Wildman–Crippen LogP) is 1.96. The van der Waals surface area contributed by atoms with E-state index in [2.05, 4.69) is 38.1 Å². The van der Waals surface area contributed by atoms with Crippen LogP contribution >= 0.6 is 15.9 Å². The molecule has 0 atom stereocenters. The maximum Gasteiger partial charge on any atom is 0.252 e. The summed E-state index contributed by atoms with van der Waals surface area (Å²) in [6.07, 6.45) is 0.925. The minimum Gasteiger partial charge on any atom is -0.352 e. The number of piperazine rings is 1. The largest absolute Gasteiger partial charge is 0.352 e. The molecule has 0 bridgehead atoms. The van der Waals surface area contributed by atoms with Gasteiger partial charge >= 0.3 is 0 Å². The van der Waals surface area contributed by atoms with Crippen LogP contribution in [0.3, 0.4) is 0 Å². The molecule has 21 heavy (non-hydrogen) atoms. The Hall–Kier alpha value is -0.980. The first kappa shape index (κ1) is 16.4. The van der Waals surface area contributed by atoms with E-state index in [1.54, 1.807) is 0 Å². The molecule has 0 radical (unpaired) electrons. The van der Waals surface area contributed by atoms with E-state index < -0.39 is 0 Å². The number of hydrogen-bond donors (Lipinski definition) is 1. The first-order valence-electron chi connectivity index (χ1n) is 7.20. The summed E-state index contributed by atoms with van der Waals surface area (Å²) in [6.45, 7) is 6.03. The maximum atomic E-state index is 13.0. The zero-order chi connectivity index (χ0) is 15.2. The van der Waals surface area contributed by atoms with Gasteiger partial charge in [0.05, 0.1) is 5.56 Å². The Morgan fingerprint density at radius 3 is 2.71 bits per heavy atom. The Bertz CT molecular complexity index is 490. The molecular weight excluding hydrogens is 337 g/mol. The molecule has 0 aromatic heterocycles. The lowest BCUT2D eigenvalue weighted by Crippen LogP contribution is -2.45. The van der Waals surface area contributed by atoms with Crippen LogP contribution in [0.5, 0.6) is 0 Å². The Morgan fingerprint density at radius 2 is 2.05 bits per heavy atom. The van der Waals surface area contributed by atoms with Crippen molar-refractivity contribution in [3.63, 3.8) is 0 Å². The van der Waals surface area contributed by atoms with Gasteiger partial charge in [-0.05, 0) is 54.1 Å². The molecule has 0 unspecified atom stereocenters. The van der Waals surface area contributed by atoms with Crippen LogP contribution in [-0.2, 0) is 0 Å². The SMILES string of the molecule is CN1CCN(CCCNC(=O)c2ccc(F)cc2Br)CC1. The van der Waals surface area contributed by atoms with Gasteiger partial charge in [-0.1, -0.05) is 0 Å². The third-order valence-corrected chi connectivity index (χ3v) is 4.36. The van der Waals surface area contributed by atoms with Crippen LogP contribution in [0.15, 0.2) is 22.7 Å². The van der Waals surface area contributed by atoms with Gasteiger partial charge in [-0.15, -0.1) is 0 Å². The molecule has 4 nitrogen and oxygen atoms in total. The Kier molecular flexibility index (Phi) is 6.14. The molecule has 0 saturated carbocycles. The van der Waals surface area contributed by atoms with Crippen molar-refractivity contribution in [2.75, 3.05) is 46.3 Å². The molecule has 0 spiro atoms. The van der Waals surface area contributed by atoms with E-state index in [-0.39, 0.29) is 11.7 Å². The van der Waals surface area contributed by atoms with Gasteiger partial charge in [-0.25, -0.2) is 4.39 Å². The molecule has 1 amide bonds. The highest BCUT2D eigenvalue weighted by Crippen LogP contribution is 2.17. The van der Waals surface area contributed by atoms with Crippen molar-refractivity contribution in [3.8, 4) is 0 Å². The third kappa shape index (κ3) is 5.05. The van der Waals surface area contributed by atoms with Crippen molar-refractivity contribution in [3.05, 3.63) is 34.1 Å². The van der Waals surface area contributed by atoms with Gasteiger partial charge < -0.3 is 15.1 Å². The molecule has 1 fully saturated rings. The summed E-state index contributed by atoms with van der Waals surface area (Å²) in [5, 5.41) is 2.88. The average molecular weight is 358 g/mol. The number of carbonyl (C=O) groups is 1. The maximum absolute atomic E-state index is 13.0. The van der Waals surface area contributed by atoms with Gasteiger partial charge in [-0.3, -0.25) is 4.79 Å². The second-order valence-electron chi connectivity index (χ2n) is 5.38. The molecule has 1 saturated heterocycles. The van der Waals surface area contributed by atoms with E-state index in [1.165, 1.54) is 18.2 Å². The quantitative estimate of drug-likeness (QED) is 0.818. The second kappa shape index (κ2) is 7.87. The van der Waals surface area contributed by atoms with E-state index >= 15 is 0 Å². The van der Waals surface area contributed by atoms with E-state index in [1.807, 2.05) is 0 Å². The monoisotopic (exact) mass is 357 g/mol. The van der Waals surface area contributed by atoms with Crippen LogP contribution in [-0.4, -0.2) is 62.0 Å². The highest BCUT2D eigenvalue weighted by atomic mass is 79.9. The Balaban J connectivity index is 1.69. The van der Waals surface area contributed by atoms with E-state index in [0.717, 1.165) is 39.1 Å². The van der Waals surface area contributed by atoms with Crippen LogP contribution in [0.2, 0.25) is 0 Å². The van der Waals surface area contributed by atoms with Gasteiger partial charge in [0.1, 0.15) is 5.82 Å². The summed E-state index contributed by atoms with van der Waals surface area (Å²) in [5.41, 5.74) is 0.469. The Morgan fingerprint density at radius 1 is 1.33 bits per heavy atom. The zero-order valence-corrected chi connectivity index (χ0v) is 13.8. The lowest BCUT2D eigenvalue weighted by molar-refractivity contribution is 0.0948. The fraction of sp³-hybridized carbons (Fsp3) is 0.533. The van der Waals surface area contributed by atoms with E-state index in [4.69, 9.17) is 0 Å². The first-order valence-corrected chi connectivity index (χ1v) is 8.00. The minimum absolute atomic E-state index is 0.166. The molecule has 1 aliphatic heterocycles. The van der Waals surface area contributed by atoms with Crippen molar-refractivity contribution in [1.82, 2.24) is 15.1 Å². The second-order valence-corrected chi connectivity index (χ2v) is 6.23. The molecule has 1 aliphatic rings. The molecule has 1 N–H and O–H groups in total. The number of amides is 1. The minimum atomic E-state index is -0.353. The molecule has 2 rings (SSSR count). The van der Waals surface area contributed by atoms with Crippen molar-refractivity contribution in [1.29, 1.82) is 0 Å². The molecule has 1 aromatic carbocycles. The van der Waals surface area contributed by atoms with Crippen LogP contribution in [0.25, 0.3) is 0 Å². The van der Waals surface area contributed by atoms with Crippen LogP contribution in [0.4, 0.5) is 4.39 Å². The lowest BCUT2D eigenvalue weighted by atomic mass is 10.2. The van der Waals surface area contributed by atoms with Crippen molar-refractivity contribution >= 4 is 21.8 Å². The molecular formula is C15H21BrFN3O. The summed E-state index contributed by atoms with van der Waals surface area (Å²) < 4.78 is 13.5. The number of nitrogens with one attached hydrogen (secondary N) is 1.